The summed E-state index contributed by atoms with van der Waals surface area (Å²) in [4.78, 5) is 25.6. The summed E-state index contributed by atoms with van der Waals surface area (Å²) in [6.45, 7) is 4.86. The number of nitrogens with two attached hydrogens (primary N) is 1. The largest absolute Gasteiger partial charge is 0.398 e. The third kappa shape index (κ3) is 5.06. The molecule has 0 unspecified atom stereocenters. The fourth-order valence-corrected chi connectivity index (χ4v) is 1.91. The third-order valence-electron chi connectivity index (χ3n) is 2.93. The van der Waals surface area contributed by atoms with E-state index in [1.54, 1.807) is 0 Å². The van der Waals surface area contributed by atoms with Gasteiger partial charge in [0.05, 0.1) is 12.1 Å². The maximum atomic E-state index is 13.0. The van der Waals surface area contributed by atoms with Gasteiger partial charge in [-0.3, -0.25) is 9.59 Å². The summed E-state index contributed by atoms with van der Waals surface area (Å²) in [6.07, 6.45) is 1.55. The number of amides is 2. The predicted molar refractivity (Wildman–Crippen MR) is 80.3 cm³/mol. The molecule has 0 radical (unpaired) electrons. The van der Waals surface area contributed by atoms with E-state index in [4.69, 9.17) is 5.73 Å². The monoisotopic (exact) mass is 295 g/mol. The second kappa shape index (κ2) is 8.24. The highest BCUT2D eigenvalue weighted by atomic mass is 19.1. The average Bonchev–Trinajstić information content (AvgIpc) is 2.44. The van der Waals surface area contributed by atoms with E-state index in [2.05, 4.69) is 5.32 Å². The second-order valence-corrected chi connectivity index (χ2v) is 4.81. The Morgan fingerprint density at radius 3 is 2.57 bits per heavy atom. The molecule has 2 amide bonds. The molecular weight excluding hydrogens is 273 g/mol. The Bertz CT molecular complexity index is 506. The molecule has 3 N–H and O–H groups in total. The number of carbonyl (C=O) groups excluding carboxylic acids is 2. The minimum atomic E-state index is -0.494. The van der Waals surface area contributed by atoms with Gasteiger partial charge in [-0.25, -0.2) is 4.39 Å². The first-order valence-electron chi connectivity index (χ1n) is 7.10. The van der Waals surface area contributed by atoms with E-state index < -0.39 is 5.82 Å². The van der Waals surface area contributed by atoms with Crippen LogP contribution in [0.15, 0.2) is 18.2 Å². The van der Waals surface area contributed by atoms with Crippen molar-refractivity contribution in [2.75, 3.05) is 25.4 Å². The molecule has 1 rings (SSSR count). The van der Waals surface area contributed by atoms with E-state index in [0.29, 0.717) is 19.5 Å². The Labute approximate surface area is 124 Å². The van der Waals surface area contributed by atoms with Crippen molar-refractivity contribution < 1.29 is 14.0 Å². The van der Waals surface area contributed by atoms with Crippen molar-refractivity contribution in [1.82, 2.24) is 10.2 Å². The van der Waals surface area contributed by atoms with Gasteiger partial charge in [0.15, 0.2) is 0 Å². The van der Waals surface area contributed by atoms with Gasteiger partial charge in [0.25, 0.3) is 5.91 Å². The van der Waals surface area contributed by atoms with Gasteiger partial charge in [0.1, 0.15) is 5.82 Å². The van der Waals surface area contributed by atoms with E-state index >= 15 is 0 Å². The molecule has 0 aliphatic rings. The lowest BCUT2D eigenvalue weighted by Gasteiger charge is -2.22. The minimum absolute atomic E-state index is 0.0243. The Kier molecular flexibility index (Phi) is 6.65. The summed E-state index contributed by atoms with van der Waals surface area (Å²) in [5.41, 5.74) is 5.97. The van der Waals surface area contributed by atoms with Gasteiger partial charge in [-0.05, 0) is 31.0 Å². The zero-order valence-corrected chi connectivity index (χ0v) is 12.5. The Morgan fingerprint density at radius 2 is 2.00 bits per heavy atom. The lowest BCUT2D eigenvalue weighted by molar-refractivity contribution is -0.121. The highest BCUT2D eigenvalue weighted by molar-refractivity contribution is 6.00. The van der Waals surface area contributed by atoms with Gasteiger partial charge in [-0.1, -0.05) is 13.8 Å². The summed E-state index contributed by atoms with van der Waals surface area (Å²) in [6, 6.07) is 3.64. The molecule has 5 nitrogen and oxygen atoms in total. The van der Waals surface area contributed by atoms with Crippen LogP contribution in [0.1, 0.15) is 37.0 Å². The van der Waals surface area contributed by atoms with Gasteiger partial charge in [-0.15, -0.1) is 0 Å². The van der Waals surface area contributed by atoms with Crippen LogP contribution in [0, 0.1) is 5.82 Å². The molecular formula is C15H22FN3O2. The maximum absolute atomic E-state index is 13.0. The van der Waals surface area contributed by atoms with Crippen LogP contribution in [0.4, 0.5) is 10.1 Å². The molecule has 1 aromatic rings. The molecule has 21 heavy (non-hydrogen) atoms. The molecule has 116 valence electrons. The summed E-state index contributed by atoms with van der Waals surface area (Å²) in [5.74, 6) is -1.06. The van der Waals surface area contributed by atoms with Crippen molar-refractivity contribution in [2.45, 2.75) is 26.7 Å². The molecule has 0 aliphatic heterocycles. The fraction of sp³-hybridized carbons (Fsp3) is 0.467. The molecule has 6 heteroatoms. The maximum Gasteiger partial charge on any atom is 0.256 e. The number of benzene rings is 1. The number of nitrogens with zero attached hydrogens (tertiary/aromatic N) is 1. The van der Waals surface area contributed by atoms with Crippen LogP contribution in [0.25, 0.3) is 0 Å². The number of nitrogens with one attached hydrogen (secondary N) is 1. The van der Waals surface area contributed by atoms with Crippen LogP contribution in [0.2, 0.25) is 0 Å². The van der Waals surface area contributed by atoms with E-state index in [1.807, 2.05) is 13.8 Å². The zero-order valence-electron chi connectivity index (χ0n) is 12.5. The van der Waals surface area contributed by atoms with Crippen LogP contribution in [0.3, 0.4) is 0 Å². The molecule has 0 aromatic heterocycles. The molecule has 0 bridgehead atoms. The molecule has 0 saturated carbocycles. The number of anilines is 1. The average molecular weight is 295 g/mol. The lowest BCUT2D eigenvalue weighted by Crippen LogP contribution is -2.41. The van der Waals surface area contributed by atoms with E-state index in [1.165, 1.54) is 17.0 Å². The number of halogens is 1. The first-order chi connectivity index (χ1) is 9.99. The molecule has 1 aromatic carbocycles. The quantitative estimate of drug-likeness (QED) is 0.753. The zero-order chi connectivity index (χ0) is 15.8. The van der Waals surface area contributed by atoms with Crippen molar-refractivity contribution in [3.63, 3.8) is 0 Å². The summed E-state index contributed by atoms with van der Waals surface area (Å²) in [7, 11) is 0. The van der Waals surface area contributed by atoms with Crippen molar-refractivity contribution in [1.29, 1.82) is 0 Å². The van der Waals surface area contributed by atoms with Crippen molar-refractivity contribution in [3.8, 4) is 0 Å². The molecule has 0 spiro atoms. The number of carbonyl (C=O) groups is 2. The first-order valence-corrected chi connectivity index (χ1v) is 7.10. The van der Waals surface area contributed by atoms with Gasteiger partial charge in [-0.2, -0.15) is 0 Å². The SMILES string of the molecule is CCCNC(=O)CN(CCC)C(=O)c1ccc(F)cc1N. The smallest absolute Gasteiger partial charge is 0.256 e. The number of nitrogen functional groups attached to an aromatic ring is 1. The van der Waals surface area contributed by atoms with E-state index in [0.717, 1.165) is 12.5 Å². The second-order valence-electron chi connectivity index (χ2n) is 4.81. The molecule has 0 aliphatic carbocycles. The highest BCUT2D eigenvalue weighted by Gasteiger charge is 2.20. The Hall–Kier alpha value is -2.11. The van der Waals surface area contributed by atoms with Crippen LogP contribution in [-0.4, -0.2) is 36.3 Å². The van der Waals surface area contributed by atoms with Crippen molar-refractivity contribution >= 4 is 17.5 Å². The van der Waals surface area contributed by atoms with Crippen molar-refractivity contribution in [3.05, 3.63) is 29.6 Å². The van der Waals surface area contributed by atoms with E-state index in [-0.39, 0.29) is 29.6 Å². The third-order valence-corrected chi connectivity index (χ3v) is 2.93. The Morgan fingerprint density at radius 1 is 1.29 bits per heavy atom. The number of hydrogen-bond acceptors (Lipinski definition) is 3. The van der Waals surface area contributed by atoms with Gasteiger partial charge >= 0.3 is 0 Å². The first kappa shape index (κ1) is 16.9. The molecule has 0 saturated heterocycles. The predicted octanol–water partition coefficient (Wildman–Crippen LogP) is 1.79. The summed E-state index contributed by atoms with van der Waals surface area (Å²) < 4.78 is 13.0. The normalized spacial score (nSPS) is 10.2. The number of rotatable bonds is 7. The van der Waals surface area contributed by atoms with Gasteiger partial charge in [0, 0.05) is 18.8 Å². The minimum Gasteiger partial charge on any atom is -0.398 e. The molecule has 0 heterocycles. The van der Waals surface area contributed by atoms with Gasteiger partial charge in [0.2, 0.25) is 5.91 Å². The van der Waals surface area contributed by atoms with Crippen molar-refractivity contribution in [2.24, 2.45) is 0 Å². The Balaban J connectivity index is 2.83. The van der Waals surface area contributed by atoms with Crippen LogP contribution in [-0.2, 0) is 4.79 Å². The lowest BCUT2D eigenvalue weighted by atomic mass is 10.1. The van der Waals surface area contributed by atoms with E-state index in [9.17, 15) is 14.0 Å². The standard InChI is InChI=1S/C15H22FN3O2/c1-3-7-18-14(20)10-19(8-4-2)15(21)12-6-5-11(16)9-13(12)17/h5-6,9H,3-4,7-8,10,17H2,1-2H3,(H,18,20). The summed E-state index contributed by atoms with van der Waals surface area (Å²) in [5, 5.41) is 2.73. The van der Waals surface area contributed by atoms with Crippen LogP contribution >= 0.6 is 0 Å². The highest BCUT2D eigenvalue weighted by Crippen LogP contribution is 2.16. The summed E-state index contributed by atoms with van der Waals surface area (Å²) >= 11 is 0. The topological polar surface area (TPSA) is 75.4 Å². The molecule has 0 atom stereocenters. The van der Waals surface area contributed by atoms with Gasteiger partial charge < -0.3 is 16.0 Å². The number of hydrogen-bond donors (Lipinski definition) is 2. The fourth-order valence-electron chi connectivity index (χ4n) is 1.91. The van der Waals surface area contributed by atoms with Crippen LogP contribution < -0.4 is 11.1 Å². The molecule has 0 fully saturated rings. The van der Waals surface area contributed by atoms with Crippen LogP contribution in [0.5, 0.6) is 0 Å².